The Bertz CT molecular complexity index is 4140. The maximum atomic E-state index is 2.87. The first-order valence-corrected chi connectivity index (χ1v) is 40.8. The van der Waals surface area contributed by atoms with Crippen molar-refractivity contribution in [1.29, 1.82) is 0 Å². The second-order valence-electron chi connectivity index (χ2n) is 22.6. The number of benzene rings is 12. The number of hydrogen-bond donors (Lipinski definition) is 0. The topological polar surface area (TPSA) is 0 Å². The third-order valence-electron chi connectivity index (χ3n) is 17.3. The van der Waals surface area contributed by atoms with Gasteiger partial charge in [-0.25, -0.2) is 0 Å². The van der Waals surface area contributed by atoms with Gasteiger partial charge in [0, 0.05) is 0 Å². The summed E-state index contributed by atoms with van der Waals surface area (Å²) in [7, 11) is 0. The van der Waals surface area contributed by atoms with Crippen molar-refractivity contribution in [3.8, 4) is 44.5 Å². The molecule has 0 N–H and O–H groups in total. The Morgan fingerprint density at radius 2 is 0.566 bits per heavy atom. The summed E-state index contributed by atoms with van der Waals surface area (Å²) in [6, 6.07) is 96.3. The van der Waals surface area contributed by atoms with Crippen molar-refractivity contribution in [2.45, 2.75) is 29.4 Å². The van der Waals surface area contributed by atoms with Crippen LogP contribution in [0.5, 0.6) is 0 Å². The average Bonchev–Trinajstić information content (AvgIpc) is 4.09. The van der Waals surface area contributed by atoms with Crippen LogP contribution in [0.3, 0.4) is 0 Å². The van der Waals surface area contributed by atoms with Crippen molar-refractivity contribution in [2.24, 2.45) is 0 Å². The molecule has 0 spiro atoms. The molecule has 2 aliphatic rings. The van der Waals surface area contributed by atoms with Crippen molar-refractivity contribution in [3.63, 3.8) is 0 Å². The van der Waals surface area contributed by atoms with Crippen molar-refractivity contribution in [2.75, 3.05) is 0 Å². The SMILES string of the molecule is [CH3][Zr]([CH3])(=[SiH2])([CH]1C(Cc2ccccc2)=Cc2c(-c3cccc4ccccc34)ccc(-c3cccc4ccccc34)c21)[CH]1C(Cc2ccccc2)=Cc2c(-c3cccc4ccccc34)ccc(-c3cccc4ccccc34)c21. The van der Waals surface area contributed by atoms with Crippen LogP contribution >= 0.6 is 0 Å². The summed E-state index contributed by atoms with van der Waals surface area (Å²) in [5, 5.41) is 10.3. The van der Waals surface area contributed by atoms with E-state index in [0.717, 1.165) is 12.8 Å². The molecule has 0 nitrogen and oxygen atoms in total. The Kier molecular flexibility index (Phi) is 11.4. The van der Waals surface area contributed by atoms with Gasteiger partial charge in [-0.3, -0.25) is 0 Å². The van der Waals surface area contributed by atoms with Gasteiger partial charge < -0.3 is 0 Å². The molecule has 12 aromatic rings. The fourth-order valence-corrected chi connectivity index (χ4v) is 33.6. The number of rotatable bonds is 10. The zero-order valence-electron chi connectivity index (χ0n) is 43.2. The van der Waals surface area contributed by atoms with Crippen molar-refractivity contribution < 1.29 is 17.4 Å². The van der Waals surface area contributed by atoms with Crippen LogP contribution in [0, 0.1) is 0 Å². The molecule has 0 aromatic heterocycles. The number of allylic oxidation sites excluding steroid dienone is 2. The van der Waals surface area contributed by atoms with E-state index >= 15 is 0 Å². The summed E-state index contributed by atoms with van der Waals surface area (Å²) in [6.45, 7) is 2.50. The predicted molar refractivity (Wildman–Crippen MR) is 327 cm³/mol. The van der Waals surface area contributed by atoms with Gasteiger partial charge in [-0.15, -0.1) is 0 Å². The Morgan fingerprint density at radius 3 is 0.908 bits per heavy atom. The number of fused-ring (bicyclic) bond motifs is 6. The molecule has 362 valence electrons. The summed E-state index contributed by atoms with van der Waals surface area (Å²) in [6.07, 6.45) is 7.16. The Balaban J connectivity index is 1.10. The van der Waals surface area contributed by atoms with Gasteiger partial charge in [0.2, 0.25) is 0 Å². The molecule has 0 saturated carbocycles. The van der Waals surface area contributed by atoms with Crippen LogP contribution in [0.1, 0.15) is 40.6 Å². The predicted octanol–water partition coefficient (Wildman–Crippen LogP) is 19.4. The van der Waals surface area contributed by atoms with Crippen LogP contribution in [0.4, 0.5) is 0 Å². The van der Waals surface area contributed by atoms with E-state index in [4.69, 9.17) is 0 Å². The van der Waals surface area contributed by atoms with E-state index in [1.807, 2.05) is 0 Å². The van der Waals surface area contributed by atoms with Gasteiger partial charge in [0.1, 0.15) is 0 Å². The van der Waals surface area contributed by atoms with Crippen LogP contribution in [-0.2, 0) is 30.2 Å². The molecule has 76 heavy (non-hydrogen) atoms. The van der Waals surface area contributed by atoms with Crippen molar-refractivity contribution >= 4 is 62.1 Å². The zero-order chi connectivity index (χ0) is 51.0. The van der Waals surface area contributed by atoms with E-state index in [2.05, 4.69) is 283 Å². The Hall–Kier alpha value is -7.74. The van der Waals surface area contributed by atoms with E-state index in [1.54, 1.807) is 11.1 Å². The minimum atomic E-state index is -4.67. The Labute approximate surface area is 449 Å². The fourth-order valence-electron chi connectivity index (χ4n) is 14.2. The molecule has 0 fully saturated rings. The van der Waals surface area contributed by atoms with Crippen LogP contribution in [0.2, 0.25) is 9.26 Å². The molecular formula is C74H58SiZr. The molecule has 2 heteroatoms. The molecule has 0 saturated heterocycles. The zero-order valence-corrected chi connectivity index (χ0v) is 47.1. The first kappa shape index (κ1) is 46.8. The van der Waals surface area contributed by atoms with E-state index in [1.165, 1.54) is 121 Å². The van der Waals surface area contributed by atoms with Gasteiger partial charge in [0.25, 0.3) is 0 Å². The van der Waals surface area contributed by atoms with E-state index in [0.29, 0.717) is 0 Å². The monoisotopic (exact) mass is 1060 g/mol. The minimum absolute atomic E-state index is 0.190. The first-order chi connectivity index (χ1) is 37.3. The quantitative estimate of drug-likeness (QED) is 0.120. The molecule has 0 bridgehead atoms. The Morgan fingerprint density at radius 1 is 0.289 bits per heavy atom. The molecule has 0 aliphatic heterocycles. The second kappa shape index (κ2) is 18.5. The molecule has 0 amide bonds. The van der Waals surface area contributed by atoms with Crippen molar-refractivity contribution in [3.05, 3.63) is 299 Å². The molecule has 14 rings (SSSR count). The van der Waals surface area contributed by atoms with Gasteiger partial charge in [-0.2, -0.15) is 0 Å². The van der Waals surface area contributed by atoms with Gasteiger partial charge in [0.05, 0.1) is 0 Å². The molecule has 2 unspecified atom stereocenters. The van der Waals surface area contributed by atoms with Crippen molar-refractivity contribution in [1.82, 2.24) is 0 Å². The summed E-state index contributed by atoms with van der Waals surface area (Å²) < 4.78 is 6.11. The molecule has 12 aromatic carbocycles. The molecule has 2 atom stereocenters. The maximum absolute atomic E-state index is 4.67. The van der Waals surface area contributed by atoms with Gasteiger partial charge in [0.15, 0.2) is 0 Å². The van der Waals surface area contributed by atoms with Crippen LogP contribution in [-0.4, -0.2) is 6.88 Å². The fraction of sp³-hybridized carbons (Fsp3) is 0.0811. The molecule has 2 aliphatic carbocycles. The second-order valence-corrected chi connectivity index (χ2v) is 53.1. The number of hydrogen-bond acceptors (Lipinski definition) is 0. The standard InChI is InChI=1S/2C36H25.2CH3.H2Si.Zr/c2*1-2-10-25(11-3-1)22-26-23-35-33(31-18-8-14-27-12-4-6-16-29(27)31)20-21-34(36(35)24-26)32-19-9-15-28-13-5-7-17-30(28)32;;;;/h2*1-21,23-24H,22H2;2*1H3;1H2;. The van der Waals surface area contributed by atoms with Gasteiger partial charge >= 0.3 is 453 Å². The first-order valence-electron chi connectivity index (χ1n) is 27.1. The molecule has 0 radical (unpaired) electrons. The van der Waals surface area contributed by atoms with E-state index in [-0.39, 0.29) is 7.25 Å². The van der Waals surface area contributed by atoms with Crippen LogP contribution in [0.25, 0.3) is 99.7 Å². The van der Waals surface area contributed by atoms with E-state index < -0.39 is 17.4 Å². The summed E-state index contributed by atoms with van der Waals surface area (Å²) in [5.74, 6) is 0. The van der Waals surface area contributed by atoms with Crippen LogP contribution < -0.4 is 0 Å². The van der Waals surface area contributed by atoms with Gasteiger partial charge in [-0.05, 0) is 0 Å². The third kappa shape index (κ3) is 7.80. The normalized spacial score (nSPS) is 15.2. The summed E-state index contributed by atoms with van der Waals surface area (Å²) in [5.41, 5.74) is 22.2. The molecule has 0 heterocycles. The van der Waals surface area contributed by atoms with Crippen LogP contribution in [0.15, 0.2) is 266 Å². The summed E-state index contributed by atoms with van der Waals surface area (Å²) >= 11 is -4.67. The summed E-state index contributed by atoms with van der Waals surface area (Å²) in [4.78, 5) is 0. The van der Waals surface area contributed by atoms with Gasteiger partial charge in [-0.1, -0.05) is 0 Å². The molecular weight excluding hydrogens is 1010 g/mol. The third-order valence-corrected chi connectivity index (χ3v) is 34.7. The van der Waals surface area contributed by atoms with E-state index in [9.17, 15) is 0 Å². The average molecular weight is 1070 g/mol.